The number of benzene rings is 1. The average Bonchev–Trinajstić information content (AvgIpc) is 2.12. The number of ketones is 1. The van der Waals surface area contributed by atoms with Crippen LogP contribution < -0.4 is 4.74 Å². The number of Topliss-reactive ketones (excluding diaryl/α,β-unsaturated/α-hetero) is 1. The lowest BCUT2D eigenvalue weighted by Gasteiger charge is -2.35. The summed E-state index contributed by atoms with van der Waals surface area (Å²) in [5, 5.41) is 9.44. The van der Waals surface area contributed by atoms with Crippen LogP contribution in [0.25, 0.3) is 0 Å². The Kier molecular flexibility index (Phi) is 2.66. The molecule has 0 unspecified atom stereocenters. The van der Waals surface area contributed by atoms with Gasteiger partial charge in [0.25, 0.3) is 0 Å². The summed E-state index contributed by atoms with van der Waals surface area (Å²) in [7, 11) is 0. The molecule has 0 radical (unpaired) electrons. The Morgan fingerprint density at radius 2 is 1.94 bits per heavy atom. The number of carbonyl (C=O) groups is 1. The minimum atomic E-state index is -5.02. The van der Waals surface area contributed by atoms with Crippen LogP contribution in [0.2, 0.25) is 0 Å². The van der Waals surface area contributed by atoms with E-state index in [1.165, 1.54) is 6.07 Å². The third kappa shape index (κ3) is 1.86. The molecule has 1 aromatic carbocycles. The van der Waals surface area contributed by atoms with Gasteiger partial charge in [0, 0.05) is 0 Å². The van der Waals surface area contributed by atoms with Crippen LogP contribution in [0.5, 0.6) is 5.75 Å². The predicted molar refractivity (Wildman–Crippen MR) is 56.5 cm³/mol. The molecule has 0 saturated carbocycles. The van der Waals surface area contributed by atoms with E-state index >= 15 is 0 Å². The molecular weight excluding hydrogens is 249 g/mol. The smallest absolute Gasteiger partial charge is 0.452 e. The molecule has 0 fully saturated rings. The fourth-order valence-electron chi connectivity index (χ4n) is 2.05. The Morgan fingerprint density at radius 1 is 1.33 bits per heavy atom. The van der Waals surface area contributed by atoms with Crippen molar-refractivity contribution in [2.75, 3.05) is 0 Å². The van der Waals surface area contributed by atoms with Crippen LogP contribution in [0.1, 0.15) is 27.9 Å². The molecular formula is C12H11F3O3. The first kappa shape index (κ1) is 12.9. The summed E-state index contributed by atoms with van der Waals surface area (Å²) in [4.78, 5) is 11.7. The lowest BCUT2D eigenvalue weighted by Crippen LogP contribution is -2.54. The third-order valence-electron chi connectivity index (χ3n) is 2.84. The van der Waals surface area contributed by atoms with Gasteiger partial charge < -0.3 is 9.84 Å². The molecule has 0 aromatic heterocycles. The van der Waals surface area contributed by atoms with Gasteiger partial charge in [-0.1, -0.05) is 6.07 Å². The minimum Gasteiger partial charge on any atom is -0.452 e. The van der Waals surface area contributed by atoms with E-state index < -0.39 is 24.2 Å². The molecule has 1 heterocycles. The molecule has 18 heavy (non-hydrogen) atoms. The molecule has 1 aromatic rings. The number of aliphatic hydroxyl groups is 1. The van der Waals surface area contributed by atoms with Crippen LogP contribution >= 0.6 is 0 Å². The monoisotopic (exact) mass is 260 g/mol. The van der Waals surface area contributed by atoms with Gasteiger partial charge in [0.05, 0.1) is 12.0 Å². The second-order valence-corrected chi connectivity index (χ2v) is 4.44. The summed E-state index contributed by atoms with van der Waals surface area (Å²) >= 11 is 0. The Labute approximate surface area is 101 Å². The Hall–Kier alpha value is -1.56. The lowest BCUT2D eigenvalue weighted by atomic mass is 9.93. The predicted octanol–water partition coefficient (Wildman–Crippen LogP) is 2.52. The number of carbonyl (C=O) groups excluding carboxylic acids is 1. The summed E-state index contributed by atoms with van der Waals surface area (Å²) in [5.74, 6) is -4.42. The van der Waals surface area contributed by atoms with Crippen molar-refractivity contribution in [1.29, 1.82) is 0 Å². The van der Waals surface area contributed by atoms with Gasteiger partial charge in [-0.15, -0.1) is 0 Å². The molecule has 0 saturated heterocycles. The summed E-state index contributed by atoms with van der Waals surface area (Å²) in [6.07, 6.45) is -6.13. The molecule has 0 aliphatic carbocycles. The van der Waals surface area contributed by atoms with Crippen molar-refractivity contribution < 1.29 is 27.8 Å². The Balaban J connectivity index is 2.56. The van der Waals surface area contributed by atoms with Crippen LogP contribution in [0, 0.1) is 13.8 Å². The standard InChI is InChI=1S/C12H11F3O3/c1-6-3-7(2)10-8(16)5-11(17,12(13,14)15)18-9(10)4-6/h3-4,17H,5H2,1-2H3/t11-/m1/s1. The molecule has 2 rings (SSSR count). The molecule has 6 heteroatoms. The number of aryl methyl sites for hydroxylation is 2. The second-order valence-electron chi connectivity index (χ2n) is 4.44. The normalized spacial score (nSPS) is 23.6. The zero-order chi connectivity index (χ0) is 13.7. The molecule has 1 aliphatic heterocycles. The molecule has 0 amide bonds. The van der Waals surface area contributed by atoms with E-state index in [1.807, 2.05) is 0 Å². The van der Waals surface area contributed by atoms with Crippen molar-refractivity contribution >= 4 is 5.78 Å². The highest BCUT2D eigenvalue weighted by Gasteiger charge is 2.60. The maximum Gasteiger partial charge on any atom is 0.455 e. The molecule has 1 N–H and O–H groups in total. The number of ether oxygens (including phenoxy) is 1. The zero-order valence-electron chi connectivity index (χ0n) is 9.76. The van der Waals surface area contributed by atoms with E-state index in [1.54, 1.807) is 19.9 Å². The molecule has 98 valence electrons. The highest BCUT2D eigenvalue weighted by molar-refractivity contribution is 6.01. The van der Waals surface area contributed by atoms with Gasteiger partial charge in [0.15, 0.2) is 5.78 Å². The van der Waals surface area contributed by atoms with Crippen LogP contribution in [0.3, 0.4) is 0 Å². The number of rotatable bonds is 0. The molecule has 1 aliphatic rings. The topological polar surface area (TPSA) is 46.5 Å². The number of halogens is 3. The van der Waals surface area contributed by atoms with E-state index in [2.05, 4.69) is 4.74 Å². The van der Waals surface area contributed by atoms with Crippen molar-refractivity contribution in [1.82, 2.24) is 0 Å². The number of hydrogen-bond acceptors (Lipinski definition) is 3. The highest BCUT2D eigenvalue weighted by atomic mass is 19.4. The fraction of sp³-hybridized carbons (Fsp3) is 0.417. The largest absolute Gasteiger partial charge is 0.455 e. The second kappa shape index (κ2) is 3.71. The van der Waals surface area contributed by atoms with Crippen LogP contribution in [-0.4, -0.2) is 22.9 Å². The first-order valence-electron chi connectivity index (χ1n) is 5.26. The first-order chi connectivity index (χ1) is 8.14. The van der Waals surface area contributed by atoms with E-state index in [0.717, 1.165) is 0 Å². The van der Waals surface area contributed by atoms with Gasteiger partial charge in [-0.05, 0) is 31.0 Å². The lowest BCUT2D eigenvalue weighted by molar-refractivity contribution is -0.334. The van der Waals surface area contributed by atoms with Crippen LogP contribution in [0.4, 0.5) is 13.2 Å². The molecule has 0 spiro atoms. The van der Waals surface area contributed by atoms with Gasteiger partial charge in [-0.3, -0.25) is 4.79 Å². The van der Waals surface area contributed by atoms with E-state index in [9.17, 15) is 23.1 Å². The van der Waals surface area contributed by atoms with E-state index in [0.29, 0.717) is 11.1 Å². The molecule has 0 bridgehead atoms. The van der Waals surface area contributed by atoms with Gasteiger partial charge in [-0.2, -0.15) is 13.2 Å². The maximum atomic E-state index is 12.7. The third-order valence-corrected chi connectivity index (χ3v) is 2.84. The van der Waals surface area contributed by atoms with Crippen molar-refractivity contribution in [3.05, 3.63) is 28.8 Å². The first-order valence-corrected chi connectivity index (χ1v) is 5.26. The minimum absolute atomic E-state index is 0.106. The van der Waals surface area contributed by atoms with Crippen molar-refractivity contribution in [2.24, 2.45) is 0 Å². The zero-order valence-corrected chi connectivity index (χ0v) is 9.76. The summed E-state index contributed by atoms with van der Waals surface area (Å²) in [6.45, 7) is 3.29. The van der Waals surface area contributed by atoms with Gasteiger partial charge in [-0.25, -0.2) is 0 Å². The quantitative estimate of drug-likeness (QED) is 0.779. The Bertz CT molecular complexity index is 522. The van der Waals surface area contributed by atoms with Crippen molar-refractivity contribution in [2.45, 2.75) is 32.2 Å². The number of hydrogen-bond donors (Lipinski definition) is 1. The fourth-order valence-corrected chi connectivity index (χ4v) is 2.05. The van der Waals surface area contributed by atoms with Gasteiger partial charge >= 0.3 is 12.0 Å². The SMILES string of the molecule is Cc1cc(C)c2c(c1)O[C@@](O)(C(F)(F)F)CC2=O. The molecule has 3 nitrogen and oxygen atoms in total. The summed E-state index contributed by atoms with van der Waals surface area (Å²) < 4.78 is 42.6. The van der Waals surface area contributed by atoms with Gasteiger partial charge in [0.1, 0.15) is 5.75 Å². The average molecular weight is 260 g/mol. The van der Waals surface area contributed by atoms with Crippen molar-refractivity contribution in [3.8, 4) is 5.75 Å². The highest BCUT2D eigenvalue weighted by Crippen LogP contribution is 2.42. The Morgan fingerprint density at radius 3 is 2.50 bits per heavy atom. The van der Waals surface area contributed by atoms with Gasteiger partial charge in [0.2, 0.25) is 0 Å². The summed E-state index contributed by atoms with van der Waals surface area (Å²) in [5.41, 5.74) is 1.30. The molecule has 1 atom stereocenters. The van der Waals surface area contributed by atoms with E-state index in [4.69, 9.17) is 0 Å². The number of fused-ring (bicyclic) bond motifs is 1. The maximum absolute atomic E-state index is 12.7. The summed E-state index contributed by atoms with van der Waals surface area (Å²) in [6, 6.07) is 2.99. The van der Waals surface area contributed by atoms with E-state index in [-0.39, 0.29) is 11.3 Å². The van der Waals surface area contributed by atoms with Crippen LogP contribution in [-0.2, 0) is 0 Å². The van der Waals surface area contributed by atoms with Crippen molar-refractivity contribution in [3.63, 3.8) is 0 Å². The number of alkyl halides is 3. The van der Waals surface area contributed by atoms with Crippen LogP contribution in [0.15, 0.2) is 12.1 Å².